The molecule has 0 saturated carbocycles. The summed E-state index contributed by atoms with van der Waals surface area (Å²) in [5, 5.41) is 5.08. The molecule has 2 rings (SSSR count). The lowest BCUT2D eigenvalue weighted by Gasteiger charge is -2.22. The molecule has 2 amide bonds. The maximum Gasteiger partial charge on any atom is 0.254 e. The predicted molar refractivity (Wildman–Crippen MR) is 105 cm³/mol. The van der Waals surface area contributed by atoms with Gasteiger partial charge in [0.1, 0.15) is 6.54 Å². The van der Waals surface area contributed by atoms with Crippen LogP contribution >= 0.6 is 27.3 Å². The third kappa shape index (κ3) is 6.59. The number of unbranched alkanes of at least 4 members (excludes halogenated alkanes) is 3. The first-order valence-corrected chi connectivity index (χ1v) is 10.0. The Balaban J connectivity index is 2.01. The predicted octanol–water partition coefficient (Wildman–Crippen LogP) is 4.57. The number of nitrogens with one attached hydrogen (secondary N) is 1. The zero-order valence-electron chi connectivity index (χ0n) is 14.2. The molecule has 1 N–H and O–H groups in total. The second-order valence-electron chi connectivity index (χ2n) is 5.68. The molecule has 1 aromatic carbocycles. The van der Waals surface area contributed by atoms with Crippen LogP contribution in [0.25, 0.3) is 0 Å². The summed E-state index contributed by atoms with van der Waals surface area (Å²) in [6.45, 7) is 2.74. The highest BCUT2D eigenvalue weighted by Crippen LogP contribution is 2.14. The van der Waals surface area contributed by atoms with Gasteiger partial charge in [-0.05, 0) is 30.7 Å². The minimum absolute atomic E-state index is 0.0284. The summed E-state index contributed by atoms with van der Waals surface area (Å²) in [7, 11) is 0. The second-order valence-corrected chi connectivity index (χ2v) is 7.49. The molecule has 0 fully saturated rings. The Labute approximate surface area is 160 Å². The summed E-state index contributed by atoms with van der Waals surface area (Å²) < 4.78 is 0.917. The zero-order valence-corrected chi connectivity index (χ0v) is 16.6. The Morgan fingerprint density at radius 3 is 2.60 bits per heavy atom. The Kier molecular flexibility index (Phi) is 8.08. The van der Waals surface area contributed by atoms with Gasteiger partial charge >= 0.3 is 0 Å². The van der Waals surface area contributed by atoms with Gasteiger partial charge in [-0.1, -0.05) is 42.1 Å². The van der Waals surface area contributed by atoms with Crippen LogP contribution in [0, 0.1) is 0 Å². The quantitative estimate of drug-likeness (QED) is 0.600. The number of thiazole rings is 1. The highest BCUT2D eigenvalue weighted by molar-refractivity contribution is 9.10. The third-order valence-corrected chi connectivity index (χ3v) is 4.89. The Bertz CT molecular complexity index is 674. The van der Waals surface area contributed by atoms with Crippen LogP contribution in [0.2, 0.25) is 0 Å². The number of halogens is 1. The molecule has 25 heavy (non-hydrogen) atoms. The number of rotatable bonds is 9. The monoisotopic (exact) mass is 423 g/mol. The molecule has 1 aromatic heterocycles. The van der Waals surface area contributed by atoms with Gasteiger partial charge in [-0.25, -0.2) is 4.98 Å². The summed E-state index contributed by atoms with van der Waals surface area (Å²) in [6, 6.07) is 7.20. The van der Waals surface area contributed by atoms with E-state index in [1.807, 2.05) is 12.1 Å². The van der Waals surface area contributed by atoms with Crippen LogP contribution in [0.15, 0.2) is 40.3 Å². The maximum absolute atomic E-state index is 12.8. The zero-order chi connectivity index (χ0) is 18.1. The van der Waals surface area contributed by atoms with Crippen LogP contribution in [0.5, 0.6) is 0 Å². The van der Waals surface area contributed by atoms with Crippen molar-refractivity contribution in [2.75, 3.05) is 18.4 Å². The SMILES string of the molecule is CCCCCCN(CC(=O)Nc1nccs1)C(=O)c1ccc(Br)cc1. The number of hydrogen-bond donors (Lipinski definition) is 1. The fourth-order valence-electron chi connectivity index (χ4n) is 2.37. The molecule has 0 aliphatic rings. The van der Waals surface area contributed by atoms with E-state index in [-0.39, 0.29) is 18.4 Å². The van der Waals surface area contributed by atoms with Gasteiger partial charge in [0.25, 0.3) is 5.91 Å². The van der Waals surface area contributed by atoms with E-state index in [2.05, 4.69) is 33.2 Å². The van der Waals surface area contributed by atoms with E-state index >= 15 is 0 Å². The maximum atomic E-state index is 12.8. The van der Waals surface area contributed by atoms with Crippen molar-refractivity contribution in [1.29, 1.82) is 0 Å². The topological polar surface area (TPSA) is 62.3 Å². The van der Waals surface area contributed by atoms with Crippen LogP contribution < -0.4 is 5.32 Å². The van der Waals surface area contributed by atoms with Crippen molar-refractivity contribution < 1.29 is 9.59 Å². The van der Waals surface area contributed by atoms with Gasteiger partial charge in [-0.15, -0.1) is 11.3 Å². The second kappa shape index (κ2) is 10.3. The largest absolute Gasteiger partial charge is 0.329 e. The molecule has 0 bridgehead atoms. The summed E-state index contributed by atoms with van der Waals surface area (Å²) in [4.78, 5) is 30.7. The molecule has 0 unspecified atom stereocenters. The van der Waals surface area contributed by atoms with E-state index in [4.69, 9.17) is 0 Å². The van der Waals surface area contributed by atoms with Gasteiger partial charge in [0.15, 0.2) is 5.13 Å². The van der Waals surface area contributed by atoms with Crippen molar-refractivity contribution in [2.45, 2.75) is 32.6 Å². The van der Waals surface area contributed by atoms with Crippen LogP contribution in [-0.2, 0) is 4.79 Å². The molecule has 0 saturated heterocycles. The van der Waals surface area contributed by atoms with E-state index in [0.717, 1.165) is 30.2 Å². The van der Waals surface area contributed by atoms with E-state index < -0.39 is 0 Å². The average Bonchev–Trinajstić information content (AvgIpc) is 3.10. The molecule has 0 aliphatic heterocycles. The summed E-state index contributed by atoms with van der Waals surface area (Å²) in [5.41, 5.74) is 0.584. The number of nitrogens with zero attached hydrogens (tertiary/aromatic N) is 2. The summed E-state index contributed by atoms with van der Waals surface area (Å²) in [5.74, 6) is -0.353. The van der Waals surface area contributed by atoms with E-state index in [0.29, 0.717) is 17.2 Å². The molecule has 1 heterocycles. The Morgan fingerprint density at radius 2 is 1.96 bits per heavy atom. The van der Waals surface area contributed by atoms with Gasteiger partial charge in [0.2, 0.25) is 5.91 Å². The minimum Gasteiger partial charge on any atom is -0.329 e. The van der Waals surface area contributed by atoms with Crippen LogP contribution in [0.3, 0.4) is 0 Å². The lowest BCUT2D eigenvalue weighted by molar-refractivity contribution is -0.116. The lowest BCUT2D eigenvalue weighted by atomic mass is 10.1. The van der Waals surface area contributed by atoms with Crippen molar-refractivity contribution in [3.63, 3.8) is 0 Å². The first kappa shape index (κ1) is 19.6. The summed E-state index contributed by atoms with van der Waals surface area (Å²) in [6.07, 6.45) is 5.84. The first-order valence-electron chi connectivity index (χ1n) is 8.34. The van der Waals surface area contributed by atoms with Crippen molar-refractivity contribution in [2.24, 2.45) is 0 Å². The Hall–Kier alpha value is -1.73. The Morgan fingerprint density at radius 1 is 1.20 bits per heavy atom. The first-order chi connectivity index (χ1) is 12.1. The number of aromatic nitrogens is 1. The number of hydrogen-bond acceptors (Lipinski definition) is 4. The molecule has 5 nitrogen and oxygen atoms in total. The molecule has 2 aromatic rings. The number of carbonyl (C=O) groups excluding carboxylic acids is 2. The fraction of sp³-hybridized carbons (Fsp3) is 0.389. The van der Waals surface area contributed by atoms with Gasteiger partial charge < -0.3 is 10.2 Å². The normalized spacial score (nSPS) is 10.5. The van der Waals surface area contributed by atoms with E-state index in [1.165, 1.54) is 11.3 Å². The van der Waals surface area contributed by atoms with Crippen molar-refractivity contribution >= 4 is 44.2 Å². The van der Waals surface area contributed by atoms with Crippen molar-refractivity contribution in [1.82, 2.24) is 9.88 Å². The molecule has 7 heteroatoms. The van der Waals surface area contributed by atoms with Crippen molar-refractivity contribution in [3.8, 4) is 0 Å². The molecule has 0 radical (unpaired) electrons. The van der Waals surface area contributed by atoms with Crippen LogP contribution in [0.4, 0.5) is 5.13 Å². The highest BCUT2D eigenvalue weighted by Gasteiger charge is 2.19. The molecule has 0 spiro atoms. The molecular weight excluding hydrogens is 402 g/mol. The van der Waals surface area contributed by atoms with E-state index in [9.17, 15) is 9.59 Å². The minimum atomic E-state index is -0.226. The highest BCUT2D eigenvalue weighted by atomic mass is 79.9. The fourth-order valence-corrected chi connectivity index (χ4v) is 3.18. The molecule has 134 valence electrons. The third-order valence-electron chi connectivity index (χ3n) is 3.67. The standard InChI is InChI=1S/C18H22BrN3O2S/c1-2-3-4-5-11-22(13-16(23)21-18-20-10-12-25-18)17(24)14-6-8-15(19)9-7-14/h6-10,12H,2-5,11,13H2,1H3,(H,20,21,23). The molecule has 0 aliphatic carbocycles. The molecule has 0 atom stereocenters. The lowest BCUT2D eigenvalue weighted by Crippen LogP contribution is -2.38. The number of carbonyl (C=O) groups is 2. The van der Waals surface area contributed by atoms with Gasteiger partial charge in [-0.2, -0.15) is 0 Å². The summed E-state index contributed by atoms with van der Waals surface area (Å²) >= 11 is 4.73. The number of benzene rings is 1. The molecular formula is C18H22BrN3O2S. The smallest absolute Gasteiger partial charge is 0.254 e. The van der Waals surface area contributed by atoms with Crippen molar-refractivity contribution in [3.05, 3.63) is 45.9 Å². The average molecular weight is 424 g/mol. The van der Waals surface area contributed by atoms with Gasteiger partial charge in [-0.3, -0.25) is 9.59 Å². The van der Waals surface area contributed by atoms with Gasteiger partial charge in [0, 0.05) is 28.2 Å². The van der Waals surface area contributed by atoms with Crippen LogP contribution in [0.1, 0.15) is 43.0 Å². The number of amides is 2. The van der Waals surface area contributed by atoms with E-state index in [1.54, 1.807) is 28.6 Å². The van der Waals surface area contributed by atoms with Gasteiger partial charge in [0.05, 0.1) is 0 Å². The number of anilines is 1. The van der Waals surface area contributed by atoms with Crippen LogP contribution in [-0.4, -0.2) is 34.8 Å².